The summed E-state index contributed by atoms with van der Waals surface area (Å²) in [6.07, 6.45) is 4.49. The van der Waals surface area contributed by atoms with Gasteiger partial charge >= 0.3 is 5.97 Å². The molecular formula is C13H22O5. The zero-order valence-electron chi connectivity index (χ0n) is 10.9. The number of hydrogen-bond acceptors (Lipinski definition) is 5. The Kier molecular flexibility index (Phi) is 7.60. The highest BCUT2D eigenvalue weighted by Crippen LogP contribution is 2.15. The van der Waals surface area contributed by atoms with Crippen LogP contribution in [0.4, 0.5) is 0 Å². The Bertz CT molecular complexity index is 242. The molecular weight excluding hydrogens is 236 g/mol. The Morgan fingerprint density at radius 3 is 1.94 bits per heavy atom. The van der Waals surface area contributed by atoms with Crippen LogP contribution < -0.4 is 0 Å². The van der Waals surface area contributed by atoms with Crippen LogP contribution in [0.1, 0.15) is 25.7 Å². The van der Waals surface area contributed by atoms with Gasteiger partial charge in [0.15, 0.2) is 0 Å². The quantitative estimate of drug-likeness (QED) is 0.550. The van der Waals surface area contributed by atoms with Crippen molar-refractivity contribution in [2.24, 2.45) is 11.8 Å². The highest BCUT2D eigenvalue weighted by Gasteiger charge is 2.21. The number of carbonyl (C=O) groups excluding carboxylic acids is 2. The molecule has 0 atom stereocenters. The first-order valence-electron chi connectivity index (χ1n) is 6.46. The molecule has 0 aromatic carbocycles. The smallest absolute Gasteiger partial charge is 0.308 e. The molecule has 2 heterocycles. The molecule has 0 unspecified atom stereocenters. The molecule has 2 aliphatic rings. The highest BCUT2D eigenvalue weighted by molar-refractivity contribution is 5.72. The molecule has 0 aromatic heterocycles. The Hall–Kier alpha value is -0.940. The summed E-state index contributed by atoms with van der Waals surface area (Å²) in [5.41, 5.74) is 0. The Labute approximate surface area is 108 Å². The average molecular weight is 258 g/mol. The molecule has 0 aliphatic carbocycles. The lowest BCUT2D eigenvalue weighted by molar-refractivity contribution is -0.148. The number of aldehydes is 1. The number of esters is 1. The summed E-state index contributed by atoms with van der Waals surface area (Å²) in [6, 6.07) is 0. The number of carbonyl (C=O) groups is 2. The van der Waals surface area contributed by atoms with Crippen molar-refractivity contribution in [1.29, 1.82) is 0 Å². The molecule has 5 heteroatoms. The predicted molar refractivity (Wildman–Crippen MR) is 65.2 cm³/mol. The monoisotopic (exact) mass is 258 g/mol. The van der Waals surface area contributed by atoms with E-state index in [-0.39, 0.29) is 17.8 Å². The maximum Gasteiger partial charge on any atom is 0.308 e. The molecule has 0 saturated carbocycles. The van der Waals surface area contributed by atoms with Crippen LogP contribution in [0, 0.1) is 11.8 Å². The average Bonchev–Trinajstić information content (AvgIpc) is 2.49. The van der Waals surface area contributed by atoms with Gasteiger partial charge in [-0.05, 0) is 25.7 Å². The summed E-state index contributed by atoms with van der Waals surface area (Å²) < 4.78 is 14.7. The molecule has 2 fully saturated rings. The Morgan fingerprint density at radius 1 is 1.06 bits per heavy atom. The van der Waals surface area contributed by atoms with Crippen molar-refractivity contribution in [3.63, 3.8) is 0 Å². The van der Waals surface area contributed by atoms with E-state index in [0.29, 0.717) is 13.2 Å². The second kappa shape index (κ2) is 9.05. The number of methoxy groups -OCH3 is 1. The maximum absolute atomic E-state index is 10.9. The Morgan fingerprint density at radius 2 is 1.56 bits per heavy atom. The number of hydrogen-bond donors (Lipinski definition) is 0. The largest absolute Gasteiger partial charge is 0.469 e. The lowest BCUT2D eigenvalue weighted by Crippen LogP contribution is -2.24. The van der Waals surface area contributed by atoms with Crippen LogP contribution in [0.15, 0.2) is 0 Å². The fraction of sp³-hybridized carbons (Fsp3) is 0.846. The van der Waals surface area contributed by atoms with Gasteiger partial charge < -0.3 is 19.0 Å². The van der Waals surface area contributed by atoms with E-state index in [1.54, 1.807) is 0 Å². The summed E-state index contributed by atoms with van der Waals surface area (Å²) >= 11 is 0. The predicted octanol–water partition coefficient (Wildman–Crippen LogP) is 1.20. The van der Waals surface area contributed by atoms with E-state index in [1.807, 2.05) is 0 Å². The van der Waals surface area contributed by atoms with Gasteiger partial charge in [0.25, 0.3) is 0 Å². The van der Waals surface area contributed by atoms with Gasteiger partial charge in [-0.25, -0.2) is 0 Å². The molecule has 2 aliphatic heterocycles. The number of rotatable bonds is 2. The topological polar surface area (TPSA) is 61.8 Å². The minimum absolute atomic E-state index is 0.0822. The maximum atomic E-state index is 10.9. The van der Waals surface area contributed by atoms with Gasteiger partial charge in [-0.1, -0.05) is 0 Å². The molecule has 0 spiro atoms. The van der Waals surface area contributed by atoms with Crippen molar-refractivity contribution in [3.05, 3.63) is 0 Å². The summed E-state index contributed by atoms with van der Waals surface area (Å²) in [4.78, 5) is 21.0. The van der Waals surface area contributed by atoms with Crippen LogP contribution in [0.25, 0.3) is 0 Å². The van der Waals surface area contributed by atoms with Gasteiger partial charge in [-0.15, -0.1) is 0 Å². The summed E-state index contributed by atoms with van der Waals surface area (Å²) in [6.45, 7) is 2.92. The third kappa shape index (κ3) is 5.60. The second-order valence-electron chi connectivity index (χ2n) is 4.50. The zero-order valence-corrected chi connectivity index (χ0v) is 10.9. The fourth-order valence-electron chi connectivity index (χ4n) is 1.95. The standard InChI is InChI=1S/C7H12O3.C6H10O2/c1-9-7(8)6-2-4-10-5-3-6;7-5-6-1-3-8-4-2-6/h6H,2-5H2,1H3;5-6H,1-4H2. The first kappa shape index (κ1) is 15.1. The zero-order chi connectivity index (χ0) is 13.2. The molecule has 5 nitrogen and oxygen atoms in total. The molecule has 0 amide bonds. The van der Waals surface area contributed by atoms with Crippen molar-refractivity contribution < 1.29 is 23.8 Å². The van der Waals surface area contributed by atoms with Crippen LogP contribution in [-0.2, 0) is 23.8 Å². The van der Waals surface area contributed by atoms with Crippen molar-refractivity contribution in [2.45, 2.75) is 25.7 Å². The van der Waals surface area contributed by atoms with E-state index >= 15 is 0 Å². The van der Waals surface area contributed by atoms with Crippen LogP contribution in [0.5, 0.6) is 0 Å². The molecule has 18 heavy (non-hydrogen) atoms. The third-order valence-corrected chi connectivity index (χ3v) is 3.21. The van der Waals surface area contributed by atoms with Gasteiger partial charge in [0.05, 0.1) is 13.0 Å². The lowest BCUT2D eigenvalue weighted by Gasteiger charge is -2.19. The van der Waals surface area contributed by atoms with Gasteiger partial charge in [-0.3, -0.25) is 4.79 Å². The van der Waals surface area contributed by atoms with E-state index in [4.69, 9.17) is 9.47 Å². The Balaban J connectivity index is 0.000000184. The van der Waals surface area contributed by atoms with Gasteiger partial charge in [0.2, 0.25) is 0 Å². The molecule has 2 rings (SSSR count). The van der Waals surface area contributed by atoms with Gasteiger partial charge in [-0.2, -0.15) is 0 Å². The van der Waals surface area contributed by atoms with Gasteiger partial charge in [0.1, 0.15) is 6.29 Å². The molecule has 0 N–H and O–H groups in total. The normalized spacial score (nSPS) is 21.6. The first-order valence-corrected chi connectivity index (χ1v) is 6.46. The van der Waals surface area contributed by atoms with E-state index in [2.05, 4.69) is 4.74 Å². The minimum atomic E-state index is -0.0942. The minimum Gasteiger partial charge on any atom is -0.469 e. The number of ether oxygens (including phenoxy) is 3. The first-order chi connectivity index (χ1) is 8.77. The van der Waals surface area contributed by atoms with Crippen LogP contribution in [0.3, 0.4) is 0 Å². The van der Waals surface area contributed by atoms with E-state index in [9.17, 15) is 9.59 Å². The van der Waals surface area contributed by atoms with Crippen molar-refractivity contribution >= 4 is 12.3 Å². The van der Waals surface area contributed by atoms with Crippen LogP contribution in [-0.4, -0.2) is 45.8 Å². The molecule has 0 radical (unpaired) electrons. The fourth-order valence-corrected chi connectivity index (χ4v) is 1.95. The van der Waals surface area contributed by atoms with Crippen LogP contribution in [0.2, 0.25) is 0 Å². The van der Waals surface area contributed by atoms with Crippen LogP contribution >= 0.6 is 0 Å². The van der Waals surface area contributed by atoms with Crippen molar-refractivity contribution in [2.75, 3.05) is 33.5 Å². The van der Waals surface area contributed by atoms with E-state index < -0.39 is 0 Å². The molecule has 2 saturated heterocycles. The SMILES string of the molecule is COC(=O)C1CCOCC1.O=CC1CCOCC1. The third-order valence-electron chi connectivity index (χ3n) is 3.21. The molecule has 0 bridgehead atoms. The van der Waals surface area contributed by atoms with Crippen molar-refractivity contribution in [1.82, 2.24) is 0 Å². The lowest BCUT2D eigenvalue weighted by atomic mass is 10.0. The van der Waals surface area contributed by atoms with E-state index in [1.165, 1.54) is 7.11 Å². The van der Waals surface area contributed by atoms with Crippen molar-refractivity contribution in [3.8, 4) is 0 Å². The van der Waals surface area contributed by atoms with E-state index in [0.717, 1.165) is 45.2 Å². The molecule has 104 valence electrons. The summed E-state index contributed by atoms with van der Waals surface area (Å²) in [7, 11) is 1.43. The second-order valence-corrected chi connectivity index (χ2v) is 4.50. The molecule has 0 aromatic rings. The van der Waals surface area contributed by atoms with Gasteiger partial charge in [0, 0.05) is 32.3 Å². The summed E-state index contributed by atoms with van der Waals surface area (Å²) in [5, 5.41) is 0. The highest BCUT2D eigenvalue weighted by atomic mass is 16.5. The summed E-state index contributed by atoms with van der Waals surface area (Å²) in [5.74, 6) is 0.269.